The highest BCUT2D eigenvalue weighted by molar-refractivity contribution is 6.31. The number of benzene rings is 2. The maximum absolute atomic E-state index is 6.13. The summed E-state index contributed by atoms with van der Waals surface area (Å²) in [5.74, 6) is 0. The van der Waals surface area contributed by atoms with E-state index in [1.165, 1.54) is 7.05 Å². The molecule has 3 rings (SSSR count). The summed E-state index contributed by atoms with van der Waals surface area (Å²) in [6.07, 6.45) is 1.06. The highest BCUT2D eigenvalue weighted by Gasteiger charge is 2.11. The minimum Gasteiger partial charge on any atom is -0.333 e. The lowest BCUT2D eigenvalue weighted by molar-refractivity contribution is 0.624. The number of nitrogens with two attached hydrogens (primary N) is 1. The Balaban J connectivity index is 0.000000774. The Bertz CT molecular complexity index is 705. The van der Waals surface area contributed by atoms with Crippen molar-refractivity contribution in [3.8, 4) is 11.3 Å². The summed E-state index contributed by atoms with van der Waals surface area (Å²) >= 11 is 6.13. The van der Waals surface area contributed by atoms with E-state index in [9.17, 15) is 0 Å². The third kappa shape index (κ3) is 3.26. The van der Waals surface area contributed by atoms with Gasteiger partial charge in [0.2, 0.25) is 0 Å². The second-order valence-electron chi connectivity index (χ2n) is 4.60. The molecule has 0 fully saturated rings. The first-order chi connectivity index (χ1) is 10.3. The highest BCUT2D eigenvalue weighted by Crippen LogP contribution is 2.30. The van der Waals surface area contributed by atoms with Gasteiger partial charge < -0.3 is 5.73 Å². The van der Waals surface area contributed by atoms with Crippen LogP contribution in [0.5, 0.6) is 0 Å². The number of aromatic nitrogens is 2. The SMILES string of the molecule is CCCn1nc(-c2ccccc2)c2cc(Cl)ccc21.CN. The first kappa shape index (κ1) is 15.5. The van der Waals surface area contributed by atoms with Crippen LogP contribution in [-0.2, 0) is 6.54 Å². The van der Waals surface area contributed by atoms with Crippen molar-refractivity contribution in [3.63, 3.8) is 0 Å². The topological polar surface area (TPSA) is 43.8 Å². The zero-order chi connectivity index (χ0) is 15.2. The standard InChI is InChI=1S/C16H15ClN2.CH5N/c1-2-10-19-15-9-8-13(17)11-14(15)16(18-19)12-6-4-3-5-7-12;1-2/h3-9,11H,2,10H2,1H3;2H2,1H3. The molecule has 0 bridgehead atoms. The van der Waals surface area contributed by atoms with Crippen molar-refractivity contribution in [2.45, 2.75) is 19.9 Å². The summed E-state index contributed by atoms with van der Waals surface area (Å²) in [6, 6.07) is 16.2. The number of hydrogen-bond acceptors (Lipinski definition) is 2. The van der Waals surface area contributed by atoms with Gasteiger partial charge in [-0.15, -0.1) is 0 Å². The molecule has 0 radical (unpaired) electrons. The Hall–Kier alpha value is -1.84. The minimum absolute atomic E-state index is 0.751. The van der Waals surface area contributed by atoms with E-state index in [0.29, 0.717) is 0 Å². The van der Waals surface area contributed by atoms with Gasteiger partial charge in [0.1, 0.15) is 5.69 Å². The molecule has 4 heteroatoms. The van der Waals surface area contributed by atoms with Crippen LogP contribution in [0.1, 0.15) is 13.3 Å². The van der Waals surface area contributed by atoms with E-state index in [2.05, 4.69) is 29.5 Å². The van der Waals surface area contributed by atoms with E-state index in [0.717, 1.165) is 40.1 Å². The summed E-state index contributed by atoms with van der Waals surface area (Å²) in [4.78, 5) is 0. The van der Waals surface area contributed by atoms with Gasteiger partial charge in [-0.3, -0.25) is 4.68 Å². The average Bonchev–Trinajstić information content (AvgIpc) is 2.88. The van der Waals surface area contributed by atoms with Crippen LogP contribution in [0.15, 0.2) is 48.5 Å². The van der Waals surface area contributed by atoms with Crippen LogP contribution in [0, 0.1) is 0 Å². The molecule has 3 aromatic rings. The van der Waals surface area contributed by atoms with Crippen molar-refractivity contribution in [2.24, 2.45) is 5.73 Å². The summed E-state index contributed by atoms with van der Waals surface area (Å²) in [6.45, 7) is 3.08. The van der Waals surface area contributed by atoms with Crippen LogP contribution in [0.4, 0.5) is 0 Å². The van der Waals surface area contributed by atoms with Crippen molar-refractivity contribution in [1.29, 1.82) is 0 Å². The highest BCUT2D eigenvalue weighted by atomic mass is 35.5. The number of aryl methyl sites for hydroxylation is 1. The Morgan fingerprint density at radius 3 is 2.48 bits per heavy atom. The molecule has 21 heavy (non-hydrogen) atoms. The zero-order valence-corrected chi connectivity index (χ0v) is 13.1. The van der Waals surface area contributed by atoms with Crippen LogP contribution < -0.4 is 5.73 Å². The number of nitrogens with zero attached hydrogens (tertiary/aromatic N) is 2. The molecule has 0 aliphatic rings. The Kier molecular flexibility index (Phi) is 5.37. The van der Waals surface area contributed by atoms with Gasteiger partial charge >= 0.3 is 0 Å². The van der Waals surface area contributed by atoms with Gasteiger partial charge in [0, 0.05) is 22.5 Å². The zero-order valence-electron chi connectivity index (χ0n) is 12.4. The maximum atomic E-state index is 6.13. The molecule has 0 unspecified atom stereocenters. The first-order valence-electron chi connectivity index (χ1n) is 7.09. The summed E-state index contributed by atoms with van der Waals surface area (Å²) < 4.78 is 2.06. The molecule has 0 saturated heterocycles. The molecule has 0 aliphatic heterocycles. The lowest BCUT2D eigenvalue weighted by Crippen LogP contribution is -1.98. The van der Waals surface area contributed by atoms with E-state index >= 15 is 0 Å². The number of hydrogen-bond donors (Lipinski definition) is 1. The van der Waals surface area contributed by atoms with Gasteiger partial charge in [-0.1, -0.05) is 48.9 Å². The third-order valence-electron chi connectivity index (χ3n) is 3.20. The van der Waals surface area contributed by atoms with Crippen LogP contribution >= 0.6 is 11.6 Å². The van der Waals surface area contributed by atoms with Crippen LogP contribution in [-0.4, -0.2) is 16.8 Å². The molecular weight excluding hydrogens is 282 g/mol. The smallest absolute Gasteiger partial charge is 0.100 e. The van der Waals surface area contributed by atoms with Crippen molar-refractivity contribution < 1.29 is 0 Å². The van der Waals surface area contributed by atoms with Crippen LogP contribution in [0.25, 0.3) is 22.2 Å². The van der Waals surface area contributed by atoms with E-state index in [4.69, 9.17) is 16.7 Å². The quantitative estimate of drug-likeness (QED) is 0.782. The van der Waals surface area contributed by atoms with Crippen LogP contribution in [0.2, 0.25) is 5.02 Å². The summed E-state index contributed by atoms with van der Waals surface area (Å²) in [5.41, 5.74) is 7.78. The van der Waals surface area contributed by atoms with Gasteiger partial charge in [-0.2, -0.15) is 5.10 Å². The van der Waals surface area contributed by atoms with E-state index in [1.807, 2.05) is 36.4 Å². The predicted octanol–water partition coefficient (Wildman–Crippen LogP) is 4.34. The van der Waals surface area contributed by atoms with Crippen molar-refractivity contribution in [3.05, 3.63) is 53.6 Å². The first-order valence-corrected chi connectivity index (χ1v) is 7.46. The Labute approximate surface area is 130 Å². The largest absolute Gasteiger partial charge is 0.333 e. The molecule has 0 atom stereocenters. The fourth-order valence-corrected chi connectivity index (χ4v) is 2.52. The Morgan fingerprint density at radius 1 is 1.10 bits per heavy atom. The molecule has 2 aromatic carbocycles. The molecule has 3 nitrogen and oxygen atoms in total. The number of rotatable bonds is 3. The number of fused-ring (bicyclic) bond motifs is 1. The molecule has 2 N–H and O–H groups in total. The van der Waals surface area contributed by atoms with E-state index in [-0.39, 0.29) is 0 Å². The molecule has 1 heterocycles. The van der Waals surface area contributed by atoms with E-state index in [1.54, 1.807) is 0 Å². The van der Waals surface area contributed by atoms with Crippen LogP contribution in [0.3, 0.4) is 0 Å². The molecule has 0 amide bonds. The fraction of sp³-hybridized carbons (Fsp3) is 0.235. The number of halogens is 1. The lowest BCUT2D eigenvalue weighted by atomic mass is 10.1. The normalized spacial score (nSPS) is 10.3. The summed E-state index contributed by atoms with van der Waals surface area (Å²) in [7, 11) is 1.50. The van der Waals surface area contributed by atoms with E-state index < -0.39 is 0 Å². The second kappa shape index (κ2) is 7.25. The molecule has 0 aliphatic carbocycles. The van der Waals surface area contributed by atoms with Gasteiger partial charge in [0.25, 0.3) is 0 Å². The summed E-state index contributed by atoms with van der Waals surface area (Å²) in [5, 5.41) is 6.62. The minimum atomic E-state index is 0.751. The van der Waals surface area contributed by atoms with Crippen molar-refractivity contribution in [2.75, 3.05) is 7.05 Å². The van der Waals surface area contributed by atoms with Gasteiger partial charge in [-0.05, 0) is 31.7 Å². The molecule has 110 valence electrons. The molecular formula is C17H20ClN3. The second-order valence-corrected chi connectivity index (χ2v) is 5.04. The predicted molar refractivity (Wildman–Crippen MR) is 90.6 cm³/mol. The maximum Gasteiger partial charge on any atom is 0.100 e. The van der Waals surface area contributed by atoms with Gasteiger partial charge in [0.05, 0.1) is 5.52 Å². The van der Waals surface area contributed by atoms with Gasteiger partial charge in [0.15, 0.2) is 0 Å². The fourth-order valence-electron chi connectivity index (χ4n) is 2.34. The average molecular weight is 302 g/mol. The lowest BCUT2D eigenvalue weighted by Gasteiger charge is -1.99. The van der Waals surface area contributed by atoms with Crippen molar-refractivity contribution in [1.82, 2.24) is 9.78 Å². The molecule has 1 aromatic heterocycles. The molecule has 0 spiro atoms. The molecule has 0 saturated carbocycles. The monoisotopic (exact) mass is 301 g/mol. The third-order valence-corrected chi connectivity index (χ3v) is 3.43. The Morgan fingerprint density at radius 2 is 1.81 bits per heavy atom. The van der Waals surface area contributed by atoms with Gasteiger partial charge in [-0.25, -0.2) is 0 Å². The van der Waals surface area contributed by atoms with Crippen molar-refractivity contribution >= 4 is 22.5 Å².